The normalized spacial score (nSPS) is 20.0. The Bertz CT molecular complexity index is 933. The van der Waals surface area contributed by atoms with Gasteiger partial charge in [-0.15, -0.1) is 0 Å². The van der Waals surface area contributed by atoms with Crippen LogP contribution >= 0.6 is 23.2 Å². The van der Waals surface area contributed by atoms with Crippen LogP contribution in [0.15, 0.2) is 30.3 Å². The van der Waals surface area contributed by atoms with Gasteiger partial charge in [0.05, 0.1) is 28.3 Å². The van der Waals surface area contributed by atoms with Crippen LogP contribution in [0.25, 0.3) is 0 Å². The third-order valence-corrected chi connectivity index (χ3v) is 6.28. The molecule has 1 heterocycles. The molecule has 0 radical (unpaired) electrons. The Labute approximate surface area is 179 Å². The number of benzene rings is 2. The van der Waals surface area contributed by atoms with Gasteiger partial charge in [0.1, 0.15) is 5.82 Å². The number of hydrogen-bond donors (Lipinski definition) is 1. The van der Waals surface area contributed by atoms with E-state index in [0.29, 0.717) is 35.7 Å². The maximum atomic E-state index is 14.3. The highest BCUT2D eigenvalue weighted by Gasteiger charge is 2.30. The van der Waals surface area contributed by atoms with E-state index in [1.54, 1.807) is 6.07 Å². The zero-order valence-electron chi connectivity index (χ0n) is 15.8. The topological polar surface area (TPSA) is 49.8 Å². The van der Waals surface area contributed by atoms with Crippen molar-refractivity contribution in [2.45, 2.75) is 37.8 Å². The van der Waals surface area contributed by atoms with Crippen LogP contribution in [-0.4, -0.2) is 41.8 Å². The van der Waals surface area contributed by atoms with Crippen molar-refractivity contribution in [3.8, 4) is 0 Å². The van der Waals surface area contributed by atoms with Crippen LogP contribution in [0.4, 0.5) is 4.39 Å². The molecule has 1 unspecified atom stereocenters. The van der Waals surface area contributed by atoms with E-state index in [-0.39, 0.29) is 11.7 Å². The molecule has 29 heavy (non-hydrogen) atoms. The van der Waals surface area contributed by atoms with E-state index in [1.807, 2.05) is 12.1 Å². The third kappa shape index (κ3) is 4.92. The van der Waals surface area contributed by atoms with E-state index >= 15 is 0 Å². The zero-order chi connectivity index (χ0) is 20.5. The van der Waals surface area contributed by atoms with Gasteiger partial charge in [-0.2, -0.15) is 0 Å². The van der Waals surface area contributed by atoms with Crippen molar-refractivity contribution in [3.63, 3.8) is 0 Å². The Kier molecular flexibility index (Phi) is 6.11. The second-order valence-electron chi connectivity index (χ2n) is 7.79. The minimum atomic E-state index is -1.22. The summed E-state index contributed by atoms with van der Waals surface area (Å²) in [6.45, 7) is 2.65. The molecule has 4 rings (SSSR count). The van der Waals surface area contributed by atoms with Gasteiger partial charge in [-0.3, -0.25) is 4.90 Å². The summed E-state index contributed by atoms with van der Waals surface area (Å²) < 4.78 is 20.2. The van der Waals surface area contributed by atoms with Gasteiger partial charge in [-0.05, 0) is 66.1 Å². The number of ether oxygens (including phenoxy) is 1. The molecule has 1 aliphatic carbocycles. The zero-order valence-corrected chi connectivity index (χ0v) is 17.3. The summed E-state index contributed by atoms with van der Waals surface area (Å²) >= 11 is 12.1. The molecule has 2 aliphatic rings. The highest BCUT2D eigenvalue weighted by molar-refractivity contribution is 6.42. The summed E-state index contributed by atoms with van der Waals surface area (Å²) in [6.07, 6.45) is 2.78. The minimum Gasteiger partial charge on any atom is -0.478 e. The number of morpholine rings is 1. The standard InChI is InChI=1S/C22H22Cl2FNO3/c23-19-4-1-13(8-20(19)24)7-16-12-26(5-6-29-16)11-15-9-21(25)18(22(27)28)10-17(15)14-2-3-14/h1,4,8-10,14,16H,2-3,5-7,11-12H2,(H,27,28). The van der Waals surface area contributed by atoms with Crippen molar-refractivity contribution in [2.75, 3.05) is 19.7 Å². The molecule has 0 amide bonds. The summed E-state index contributed by atoms with van der Waals surface area (Å²) in [5.41, 5.74) is 2.67. The lowest BCUT2D eigenvalue weighted by atomic mass is 9.98. The van der Waals surface area contributed by atoms with Crippen molar-refractivity contribution >= 4 is 29.2 Å². The van der Waals surface area contributed by atoms with Gasteiger partial charge in [-0.25, -0.2) is 9.18 Å². The SMILES string of the molecule is O=C(O)c1cc(C2CC2)c(CN2CCOC(Cc3ccc(Cl)c(Cl)c3)C2)cc1F. The number of halogens is 3. The molecule has 0 spiro atoms. The maximum Gasteiger partial charge on any atom is 0.338 e. The van der Waals surface area contributed by atoms with E-state index in [9.17, 15) is 14.3 Å². The fraction of sp³-hybridized carbons (Fsp3) is 0.409. The van der Waals surface area contributed by atoms with Gasteiger partial charge in [0.15, 0.2) is 0 Å². The van der Waals surface area contributed by atoms with Crippen LogP contribution < -0.4 is 0 Å². The van der Waals surface area contributed by atoms with Crippen molar-refractivity contribution in [1.29, 1.82) is 0 Å². The number of carbonyl (C=O) groups is 1. The first-order chi connectivity index (χ1) is 13.9. The third-order valence-electron chi connectivity index (χ3n) is 5.54. The van der Waals surface area contributed by atoms with E-state index in [4.69, 9.17) is 27.9 Å². The monoisotopic (exact) mass is 437 g/mol. The molecule has 7 heteroatoms. The molecule has 1 N–H and O–H groups in total. The fourth-order valence-corrected chi connectivity index (χ4v) is 4.25. The van der Waals surface area contributed by atoms with Crippen LogP contribution in [0.5, 0.6) is 0 Å². The highest BCUT2D eigenvalue weighted by Crippen LogP contribution is 2.42. The van der Waals surface area contributed by atoms with E-state index < -0.39 is 11.8 Å². The Morgan fingerprint density at radius 3 is 2.69 bits per heavy atom. The fourth-order valence-electron chi connectivity index (χ4n) is 3.92. The van der Waals surface area contributed by atoms with Crippen LogP contribution in [0.2, 0.25) is 10.0 Å². The molecule has 2 fully saturated rings. The first-order valence-corrected chi connectivity index (χ1v) is 10.5. The second-order valence-corrected chi connectivity index (χ2v) is 8.61. The van der Waals surface area contributed by atoms with Crippen molar-refractivity contribution < 1.29 is 19.0 Å². The summed E-state index contributed by atoms with van der Waals surface area (Å²) in [5, 5.41) is 10.3. The van der Waals surface area contributed by atoms with Crippen molar-refractivity contribution in [3.05, 3.63) is 68.4 Å². The van der Waals surface area contributed by atoms with E-state index in [2.05, 4.69) is 4.90 Å². The molecule has 1 aliphatic heterocycles. The van der Waals surface area contributed by atoms with Crippen molar-refractivity contribution in [1.82, 2.24) is 4.90 Å². The van der Waals surface area contributed by atoms with Gasteiger partial charge >= 0.3 is 5.97 Å². The molecule has 2 aromatic rings. The van der Waals surface area contributed by atoms with Crippen LogP contribution in [0, 0.1) is 5.82 Å². The van der Waals surface area contributed by atoms with Crippen LogP contribution in [0.3, 0.4) is 0 Å². The molecule has 1 saturated heterocycles. The number of carboxylic acids is 1. The first kappa shape index (κ1) is 20.6. The lowest BCUT2D eigenvalue weighted by molar-refractivity contribution is -0.0305. The first-order valence-electron chi connectivity index (χ1n) is 9.74. The van der Waals surface area contributed by atoms with Crippen LogP contribution in [0.1, 0.15) is 45.8 Å². The van der Waals surface area contributed by atoms with E-state index in [0.717, 1.165) is 42.5 Å². The molecule has 4 nitrogen and oxygen atoms in total. The van der Waals surface area contributed by atoms with Crippen molar-refractivity contribution in [2.24, 2.45) is 0 Å². The number of aromatic carboxylic acids is 1. The summed E-state index contributed by atoms with van der Waals surface area (Å²) in [6, 6.07) is 8.52. The minimum absolute atomic E-state index is 0.00788. The van der Waals surface area contributed by atoms with E-state index in [1.165, 1.54) is 12.1 Å². The molecule has 0 aromatic heterocycles. The second kappa shape index (κ2) is 8.60. The lowest BCUT2D eigenvalue weighted by Crippen LogP contribution is -2.43. The molecule has 0 bridgehead atoms. The van der Waals surface area contributed by atoms with Gasteiger partial charge < -0.3 is 9.84 Å². The Morgan fingerprint density at radius 2 is 2.00 bits per heavy atom. The van der Waals surface area contributed by atoms with Gasteiger partial charge in [0.25, 0.3) is 0 Å². The smallest absolute Gasteiger partial charge is 0.338 e. The average molecular weight is 438 g/mol. The number of hydrogen-bond acceptors (Lipinski definition) is 3. The van der Waals surface area contributed by atoms with Gasteiger partial charge in [0.2, 0.25) is 0 Å². The van der Waals surface area contributed by atoms with Gasteiger partial charge in [0, 0.05) is 19.6 Å². The molecule has 154 valence electrons. The number of rotatable bonds is 6. The Hall–Kier alpha value is -1.66. The Balaban J connectivity index is 1.47. The molecule has 2 aromatic carbocycles. The summed E-state index contributed by atoms with van der Waals surface area (Å²) in [4.78, 5) is 13.5. The molecular weight excluding hydrogens is 416 g/mol. The maximum absolute atomic E-state index is 14.3. The largest absolute Gasteiger partial charge is 0.478 e. The Morgan fingerprint density at radius 1 is 1.21 bits per heavy atom. The lowest BCUT2D eigenvalue weighted by Gasteiger charge is -2.33. The predicted octanol–water partition coefficient (Wildman–Crippen LogP) is 5.15. The quantitative estimate of drug-likeness (QED) is 0.678. The summed E-state index contributed by atoms with van der Waals surface area (Å²) in [5.74, 6) is -1.54. The summed E-state index contributed by atoms with van der Waals surface area (Å²) in [7, 11) is 0. The molecular formula is C22H22Cl2FNO3. The number of nitrogens with zero attached hydrogens (tertiary/aromatic N) is 1. The predicted molar refractivity (Wildman–Crippen MR) is 111 cm³/mol. The van der Waals surface area contributed by atoms with Gasteiger partial charge in [-0.1, -0.05) is 29.3 Å². The average Bonchev–Trinajstić information content (AvgIpc) is 3.50. The van der Waals surface area contributed by atoms with Crippen LogP contribution in [-0.2, 0) is 17.7 Å². The number of carboxylic acid groups (broad SMARTS) is 1. The molecule has 1 saturated carbocycles. The molecule has 1 atom stereocenters. The highest BCUT2D eigenvalue weighted by atomic mass is 35.5.